The van der Waals surface area contributed by atoms with Gasteiger partial charge in [0, 0.05) is 49.0 Å². The van der Waals surface area contributed by atoms with Crippen LogP contribution in [0, 0.1) is 20.8 Å². The minimum absolute atomic E-state index is 0.0742. The first-order chi connectivity index (χ1) is 17.0. The molecule has 36 heavy (non-hydrogen) atoms. The van der Waals surface area contributed by atoms with Crippen molar-refractivity contribution in [3.8, 4) is 11.1 Å². The SMILES string of the molecule is Cc1ccc(-c2cc(C)c(N3C=CN(CCC[Si](OC(C)C)(OC(C)C)OC(C)C)C3)c(C)c2)cc1. The third-order valence-electron chi connectivity index (χ3n) is 6.13. The van der Waals surface area contributed by atoms with E-state index in [4.69, 9.17) is 13.3 Å². The minimum Gasteiger partial charge on any atom is -0.371 e. The minimum atomic E-state index is -2.76. The molecule has 1 heterocycles. The standard InChI is InChI=1S/C30H46N2O3Si/c1-22(2)33-36(34-23(3)4,35-24(5)6)18-10-15-31-16-17-32(21-31)30-26(8)19-29(20-27(30)9)28-13-11-25(7)12-14-28/h11-14,16-17,19-20,22-24H,10,15,18,21H2,1-9H3. The molecule has 1 aliphatic rings. The first kappa shape index (κ1) is 28.4. The molecule has 0 spiro atoms. The summed E-state index contributed by atoms with van der Waals surface area (Å²) < 4.78 is 19.0. The zero-order valence-corrected chi connectivity index (χ0v) is 24.8. The van der Waals surface area contributed by atoms with Gasteiger partial charge in [0.1, 0.15) is 0 Å². The lowest BCUT2D eigenvalue weighted by Gasteiger charge is -2.35. The second kappa shape index (κ2) is 12.4. The summed E-state index contributed by atoms with van der Waals surface area (Å²) >= 11 is 0. The van der Waals surface area contributed by atoms with Gasteiger partial charge < -0.3 is 23.1 Å². The molecule has 0 aromatic heterocycles. The average molecular weight is 511 g/mol. The second-order valence-electron chi connectivity index (χ2n) is 10.8. The van der Waals surface area contributed by atoms with Gasteiger partial charge >= 0.3 is 8.80 Å². The molecule has 0 atom stereocenters. The highest BCUT2D eigenvalue weighted by Crippen LogP contribution is 2.33. The molecule has 1 aliphatic heterocycles. The fraction of sp³-hybridized carbons (Fsp3) is 0.533. The van der Waals surface area contributed by atoms with E-state index in [1.165, 1.54) is 33.5 Å². The van der Waals surface area contributed by atoms with Crippen LogP contribution < -0.4 is 4.90 Å². The van der Waals surface area contributed by atoms with E-state index in [1.54, 1.807) is 0 Å². The molecule has 0 saturated heterocycles. The molecule has 0 bridgehead atoms. The van der Waals surface area contributed by atoms with E-state index in [0.29, 0.717) is 0 Å². The summed E-state index contributed by atoms with van der Waals surface area (Å²) in [5.41, 5.74) is 7.71. The third kappa shape index (κ3) is 7.69. The summed E-state index contributed by atoms with van der Waals surface area (Å²) in [4.78, 5) is 4.72. The highest BCUT2D eigenvalue weighted by Gasteiger charge is 2.43. The zero-order valence-electron chi connectivity index (χ0n) is 23.8. The van der Waals surface area contributed by atoms with E-state index in [1.807, 2.05) is 0 Å². The van der Waals surface area contributed by atoms with E-state index >= 15 is 0 Å². The molecule has 2 aromatic carbocycles. The van der Waals surface area contributed by atoms with Crippen molar-refractivity contribution in [2.45, 2.75) is 93.1 Å². The lowest BCUT2D eigenvalue weighted by molar-refractivity contribution is 0.00264. The van der Waals surface area contributed by atoms with Crippen molar-refractivity contribution in [2.24, 2.45) is 0 Å². The highest BCUT2D eigenvalue weighted by atomic mass is 28.4. The molecule has 2 aromatic rings. The maximum absolute atomic E-state index is 6.35. The van der Waals surface area contributed by atoms with Gasteiger partial charge in [0.25, 0.3) is 0 Å². The van der Waals surface area contributed by atoms with Gasteiger partial charge in [-0.25, -0.2) is 0 Å². The second-order valence-corrected chi connectivity index (χ2v) is 13.4. The molecule has 6 heteroatoms. The first-order valence-electron chi connectivity index (χ1n) is 13.4. The van der Waals surface area contributed by atoms with Crippen molar-refractivity contribution in [1.82, 2.24) is 4.90 Å². The van der Waals surface area contributed by atoms with Crippen molar-refractivity contribution in [2.75, 3.05) is 18.1 Å². The van der Waals surface area contributed by atoms with Crippen LogP contribution in [-0.2, 0) is 13.3 Å². The van der Waals surface area contributed by atoms with Crippen LogP contribution >= 0.6 is 0 Å². The Kier molecular flexibility index (Phi) is 9.81. The molecule has 0 radical (unpaired) electrons. The summed E-state index contributed by atoms with van der Waals surface area (Å²) in [6.45, 7) is 20.7. The van der Waals surface area contributed by atoms with Gasteiger partial charge in [0.2, 0.25) is 0 Å². The topological polar surface area (TPSA) is 34.2 Å². The molecule has 5 nitrogen and oxygen atoms in total. The fourth-order valence-corrected chi connectivity index (χ4v) is 8.18. The Morgan fingerprint density at radius 2 is 1.28 bits per heavy atom. The van der Waals surface area contributed by atoms with Gasteiger partial charge in [0.05, 0.1) is 6.67 Å². The molecule has 198 valence electrons. The van der Waals surface area contributed by atoms with Crippen LogP contribution in [0.3, 0.4) is 0 Å². The summed E-state index contributed by atoms with van der Waals surface area (Å²) in [6.07, 6.45) is 5.58. The Morgan fingerprint density at radius 1 is 0.750 bits per heavy atom. The van der Waals surface area contributed by atoms with Crippen LogP contribution in [0.5, 0.6) is 0 Å². The predicted molar refractivity (Wildman–Crippen MR) is 153 cm³/mol. The van der Waals surface area contributed by atoms with Crippen LogP contribution in [0.2, 0.25) is 6.04 Å². The third-order valence-corrected chi connectivity index (χ3v) is 9.59. The van der Waals surface area contributed by atoms with Crippen molar-refractivity contribution in [1.29, 1.82) is 0 Å². The van der Waals surface area contributed by atoms with Crippen molar-refractivity contribution in [3.05, 3.63) is 65.5 Å². The molecule has 0 fully saturated rings. The molecule has 0 unspecified atom stereocenters. The van der Waals surface area contributed by atoms with E-state index in [9.17, 15) is 0 Å². The van der Waals surface area contributed by atoms with Crippen LogP contribution in [0.4, 0.5) is 5.69 Å². The van der Waals surface area contributed by atoms with Gasteiger partial charge in [-0.1, -0.05) is 29.8 Å². The zero-order chi connectivity index (χ0) is 26.5. The number of nitrogens with zero attached hydrogens (tertiary/aromatic N) is 2. The molecule has 3 rings (SSSR count). The maximum atomic E-state index is 6.35. The monoisotopic (exact) mass is 510 g/mol. The first-order valence-corrected chi connectivity index (χ1v) is 15.3. The maximum Gasteiger partial charge on any atom is 0.501 e. The molecule has 0 saturated carbocycles. The van der Waals surface area contributed by atoms with E-state index < -0.39 is 8.80 Å². The van der Waals surface area contributed by atoms with E-state index in [0.717, 1.165) is 25.7 Å². The Morgan fingerprint density at radius 3 is 1.78 bits per heavy atom. The van der Waals surface area contributed by atoms with Crippen molar-refractivity contribution >= 4 is 14.5 Å². The van der Waals surface area contributed by atoms with Crippen molar-refractivity contribution in [3.63, 3.8) is 0 Å². The number of anilines is 1. The smallest absolute Gasteiger partial charge is 0.371 e. The summed E-state index contributed by atoms with van der Waals surface area (Å²) in [6, 6.07) is 14.2. The lowest BCUT2D eigenvalue weighted by atomic mass is 9.98. The Balaban J connectivity index is 1.65. The Hall–Kier alpha value is -2.12. The molecule has 0 N–H and O–H groups in total. The average Bonchev–Trinajstić information content (AvgIpc) is 3.20. The Bertz CT molecular complexity index is 968. The van der Waals surface area contributed by atoms with Gasteiger partial charge in [-0.05, 0) is 103 Å². The largest absolute Gasteiger partial charge is 0.501 e. The van der Waals surface area contributed by atoms with Gasteiger partial charge in [-0.3, -0.25) is 0 Å². The Labute approximate surface area is 220 Å². The number of hydrogen-bond donors (Lipinski definition) is 0. The number of aryl methyl sites for hydroxylation is 3. The van der Waals surface area contributed by atoms with Gasteiger partial charge in [-0.15, -0.1) is 0 Å². The van der Waals surface area contributed by atoms with Gasteiger partial charge in [-0.2, -0.15) is 0 Å². The number of hydrogen-bond acceptors (Lipinski definition) is 5. The molecular weight excluding hydrogens is 464 g/mol. The number of benzene rings is 2. The summed E-state index contributed by atoms with van der Waals surface area (Å²) in [5.74, 6) is 0. The van der Waals surface area contributed by atoms with Gasteiger partial charge in [0.15, 0.2) is 0 Å². The van der Waals surface area contributed by atoms with Crippen LogP contribution in [-0.4, -0.2) is 45.2 Å². The van der Waals surface area contributed by atoms with E-state index in [2.05, 4.69) is 121 Å². The molecular formula is C30H46N2O3Si. The van der Waals surface area contributed by atoms with Crippen molar-refractivity contribution < 1.29 is 13.3 Å². The quantitative estimate of drug-likeness (QED) is 0.277. The van der Waals surface area contributed by atoms with Crippen LogP contribution in [0.1, 0.15) is 64.7 Å². The highest BCUT2D eigenvalue weighted by molar-refractivity contribution is 6.60. The summed E-state index contributed by atoms with van der Waals surface area (Å²) in [5, 5.41) is 0. The summed E-state index contributed by atoms with van der Waals surface area (Å²) in [7, 11) is -2.76. The molecule has 0 amide bonds. The lowest BCUT2D eigenvalue weighted by Crippen LogP contribution is -2.51. The van der Waals surface area contributed by atoms with Crippen LogP contribution in [0.25, 0.3) is 11.1 Å². The fourth-order valence-electron chi connectivity index (χ4n) is 4.91. The van der Waals surface area contributed by atoms with Crippen LogP contribution in [0.15, 0.2) is 48.8 Å². The van der Waals surface area contributed by atoms with E-state index in [-0.39, 0.29) is 18.3 Å². The number of rotatable bonds is 12. The molecule has 0 aliphatic carbocycles. The normalized spacial score (nSPS) is 14.2. The predicted octanol–water partition coefficient (Wildman–Crippen LogP) is 7.43.